The summed E-state index contributed by atoms with van der Waals surface area (Å²) in [4.78, 5) is 35.4. The van der Waals surface area contributed by atoms with Gasteiger partial charge in [0.15, 0.2) is 6.04 Å². The second-order valence-electron chi connectivity index (χ2n) is 3.70. The molecule has 0 spiro atoms. The molecule has 1 unspecified atom stereocenters. The van der Waals surface area contributed by atoms with Crippen molar-refractivity contribution in [2.75, 3.05) is 13.7 Å². The van der Waals surface area contributed by atoms with E-state index in [0.717, 1.165) is 4.90 Å². The number of rotatable bonds is 3. The lowest BCUT2D eigenvalue weighted by Crippen LogP contribution is -2.35. The van der Waals surface area contributed by atoms with E-state index in [-0.39, 0.29) is 6.54 Å². The molecule has 2 rings (SSSR count). The number of ether oxygens (including phenoxy) is 2. The summed E-state index contributed by atoms with van der Waals surface area (Å²) in [6.45, 7) is -0.256. The summed E-state index contributed by atoms with van der Waals surface area (Å²) < 4.78 is 9.07. The zero-order chi connectivity index (χ0) is 13.1. The predicted molar refractivity (Wildman–Crippen MR) is 59.4 cm³/mol. The molecule has 6 heteroatoms. The molecule has 1 amide bonds. The number of amides is 1. The topological polar surface area (TPSA) is 72.9 Å². The molecule has 94 valence electrons. The van der Waals surface area contributed by atoms with Gasteiger partial charge >= 0.3 is 18.0 Å². The minimum Gasteiger partial charge on any atom is -0.467 e. The highest BCUT2D eigenvalue weighted by Crippen LogP contribution is 2.25. The van der Waals surface area contributed by atoms with E-state index in [1.165, 1.54) is 7.11 Å². The Morgan fingerprint density at radius 1 is 1.33 bits per heavy atom. The van der Waals surface area contributed by atoms with Crippen LogP contribution >= 0.6 is 0 Å². The van der Waals surface area contributed by atoms with Gasteiger partial charge in [0.25, 0.3) is 0 Å². The van der Waals surface area contributed by atoms with Gasteiger partial charge in [-0.2, -0.15) is 0 Å². The summed E-state index contributed by atoms with van der Waals surface area (Å²) in [7, 11) is 1.22. The van der Waals surface area contributed by atoms with Gasteiger partial charge < -0.3 is 9.47 Å². The van der Waals surface area contributed by atoms with Crippen LogP contribution in [0.15, 0.2) is 30.3 Å². The normalized spacial score (nSPS) is 16.4. The Morgan fingerprint density at radius 2 is 2.00 bits per heavy atom. The summed E-state index contributed by atoms with van der Waals surface area (Å²) in [6, 6.07) is 7.64. The molecule has 1 aromatic carbocycles. The van der Waals surface area contributed by atoms with Crippen molar-refractivity contribution >= 4 is 18.0 Å². The van der Waals surface area contributed by atoms with Crippen LogP contribution in [0.2, 0.25) is 0 Å². The number of hydrogen-bond acceptors (Lipinski definition) is 5. The van der Waals surface area contributed by atoms with E-state index in [4.69, 9.17) is 0 Å². The molecule has 0 saturated carbocycles. The van der Waals surface area contributed by atoms with E-state index >= 15 is 0 Å². The average molecular weight is 249 g/mol. The summed E-state index contributed by atoms with van der Waals surface area (Å²) in [6.07, 6.45) is -0.834. The Bertz CT molecular complexity index is 485. The molecule has 0 aromatic heterocycles. The molecular formula is C12H11NO5. The van der Waals surface area contributed by atoms with Gasteiger partial charge in [0.1, 0.15) is 6.54 Å². The molecule has 1 aliphatic heterocycles. The zero-order valence-corrected chi connectivity index (χ0v) is 9.66. The molecule has 6 nitrogen and oxygen atoms in total. The number of carbonyl (C=O) groups excluding carboxylic acids is 3. The standard InChI is InChI=1S/C12H11NO5/c1-17-11(15)10(8-5-3-2-4-6-8)13-7-9(14)18-12(13)16/h2-6,10H,7H2,1H3. The van der Waals surface area contributed by atoms with Gasteiger partial charge in [-0.25, -0.2) is 14.4 Å². The van der Waals surface area contributed by atoms with Gasteiger partial charge in [0, 0.05) is 0 Å². The molecule has 1 aliphatic rings. The smallest absolute Gasteiger partial charge is 0.419 e. The lowest BCUT2D eigenvalue weighted by Gasteiger charge is -2.22. The molecule has 0 N–H and O–H groups in total. The first-order chi connectivity index (χ1) is 8.63. The monoisotopic (exact) mass is 249 g/mol. The fourth-order valence-corrected chi connectivity index (χ4v) is 1.78. The lowest BCUT2D eigenvalue weighted by molar-refractivity contribution is -0.146. The first kappa shape index (κ1) is 12.1. The third kappa shape index (κ3) is 2.17. The second-order valence-corrected chi connectivity index (χ2v) is 3.70. The fraction of sp³-hybridized carbons (Fsp3) is 0.250. The summed E-state index contributed by atoms with van der Waals surface area (Å²) in [5, 5.41) is 0. The Balaban J connectivity index is 2.35. The number of hydrogen-bond donors (Lipinski definition) is 0. The Hall–Kier alpha value is -2.37. The second kappa shape index (κ2) is 4.87. The lowest BCUT2D eigenvalue weighted by atomic mass is 10.1. The van der Waals surface area contributed by atoms with Crippen LogP contribution in [0.4, 0.5) is 4.79 Å². The molecular weight excluding hydrogens is 238 g/mol. The molecule has 0 radical (unpaired) electrons. The van der Waals surface area contributed by atoms with Crippen LogP contribution in [-0.2, 0) is 19.1 Å². The summed E-state index contributed by atoms with van der Waals surface area (Å²) in [5.41, 5.74) is 0.566. The van der Waals surface area contributed by atoms with E-state index in [9.17, 15) is 14.4 Å². The van der Waals surface area contributed by atoms with Crippen LogP contribution in [0.3, 0.4) is 0 Å². The van der Waals surface area contributed by atoms with Crippen molar-refractivity contribution in [3.05, 3.63) is 35.9 Å². The number of methoxy groups -OCH3 is 1. The zero-order valence-electron chi connectivity index (χ0n) is 9.66. The van der Waals surface area contributed by atoms with Gasteiger partial charge in [-0.1, -0.05) is 30.3 Å². The van der Waals surface area contributed by atoms with Crippen molar-refractivity contribution < 1.29 is 23.9 Å². The van der Waals surface area contributed by atoms with E-state index in [2.05, 4.69) is 9.47 Å². The van der Waals surface area contributed by atoms with Crippen molar-refractivity contribution in [1.82, 2.24) is 4.90 Å². The van der Waals surface area contributed by atoms with Crippen LogP contribution in [0, 0.1) is 0 Å². The van der Waals surface area contributed by atoms with Crippen LogP contribution in [0.25, 0.3) is 0 Å². The molecule has 1 aromatic rings. The Labute approximate surface area is 103 Å². The maximum absolute atomic E-state index is 11.8. The molecule has 0 bridgehead atoms. The third-order valence-corrected chi connectivity index (χ3v) is 2.59. The first-order valence-electron chi connectivity index (χ1n) is 5.27. The van der Waals surface area contributed by atoms with Crippen molar-refractivity contribution in [2.45, 2.75) is 6.04 Å². The van der Waals surface area contributed by atoms with Gasteiger partial charge in [-0.15, -0.1) is 0 Å². The van der Waals surface area contributed by atoms with Crippen molar-refractivity contribution in [2.24, 2.45) is 0 Å². The summed E-state index contributed by atoms with van der Waals surface area (Å²) in [5.74, 6) is -1.29. The van der Waals surface area contributed by atoms with Gasteiger partial charge in [0.05, 0.1) is 7.11 Å². The number of esters is 2. The molecule has 18 heavy (non-hydrogen) atoms. The predicted octanol–water partition coefficient (Wildman–Crippen LogP) is 0.879. The minimum atomic E-state index is -0.963. The number of benzene rings is 1. The average Bonchev–Trinajstić information content (AvgIpc) is 2.70. The van der Waals surface area contributed by atoms with Crippen molar-refractivity contribution in [1.29, 1.82) is 0 Å². The molecule has 1 heterocycles. The highest BCUT2D eigenvalue weighted by Gasteiger charge is 2.40. The fourth-order valence-electron chi connectivity index (χ4n) is 1.78. The summed E-state index contributed by atoms with van der Waals surface area (Å²) >= 11 is 0. The van der Waals surface area contributed by atoms with E-state index < -0.39 is 24.1 Å². The molecule has 1 fully saturated rings. The van der Waals surface area contributed by atoms with Crippen LogP contribution in [-0.4, -0.2) is 36.6 Å². The van der Waals surface area contributed by atoms with E-state index in [1.807, 2.05) is 0 Å². The Kier molecular flexibility index (Phi) is 3.27. The third-order valence-electron chi connectivity index (χ3n) is 2.59. The largest absolute Gasteiger partial charge is 0.467 e. The van der Waals surface area contributed by atoms with Crippen LogP contribution in [0.1, 0.15) is 11.6 Å². The minimum absolute atomic E-state index is 0.256. The molecule has 1 saturated heterocycles. The van der Waals surface area contributed by atoms with Gasteiger partial charge in [0.2, 0.25) is 0 Å². The van der Waals surface area contributed by atoms with Gasteiger partial charge in [-0.05, 0) is 5.56 Å². The maximum Gasteiger partial charge on any atom is 0.419 e. The van der Waals surface area contributed by atoms with Crippen molar-refractivity contribution in [3.63, 3.8) is 0 Å². The van der Waals surface area contributed by atoms with Crippen molar-refractivity contribution in [3.8, 4) is 0 Å². The molecule has 1 atom stereocenters. The highest BCUT2D eigenvalue weighted by atomic mass is 16.6. The first-order valence-corrected chi connectivity index (χ1v) is 5.27. The van der Waals surface area contributed by atoms with Crippen LogP contribution < -0.4 is 0 Å². The molecule has 0 aliphatic carbocycles. The number of nitrogens with zero attached hydrogens (tertiary/aromatic N) is 1. The number of cyclic esters (lactones) is 2. The van der Waals surface area contributed by atoms with Gasteiger partial charge in [-0.3, -0.25) is 4.90 Å². The quantitative estimate of drug-likeness (QED) is 0.587. The maximum atomic E-state index is 11.8. The van der Waals surface area contributed by atoms with E-state index in [1.54, 1.807) is 30.3 Å². The van der Waals surface area contributed by atoms with E-state index in [0.29, 0.717) is 5.56 Å². The number of carbonyl (C=O) groups is 3. The highest BCUT2D eigenvalue weighted by molar-refractivity contribution is 5.95. The van der Waals surface area contributed by atoms with Crippen LogP contribution in [0.5, 0.6) is 0 Å². The SMILES string of the molecule is COC(=O)C(c1ccccc1)N1CC(=O)OC1=O. The Morgan fingerprint density at radius 3 is 2.50 bits per heavy atom.